The third-order valence-corrected chi connectivity index (χ3v) is 2.91. The van der Waals surface area contributed by atoms with Crippen LogP contribution in [0.4, 0.5) is 8.78 Å². The van der Waals surface area contributed by atoms with Crippen LogP contribution in [0, 0.1) is 17.6 Å². The van der Waals surface area contributed by atoms with E-state index >= 15 is 0 Å². The average molecular weight is 243 g/mol. The number of rotatable bonds is 4. The molecule has 1 aliphatic heterocycles. The van der Waals surface area contributed by atoms with Crippen molar-refractivity contribution in [1.29, 1.82) is 0 Å². The summed E-state index contributed by atoms with van der Waals surface area (Å²) in [6.07, 6.45) is 0.865. The minimum Gasteiger partial charge on any atom is -0.486 e. The molecule has 1 aromatic carbocycles. The Morgan fingerprint density at radius 1 is 1.41 bits per heavy atom. The van der Waals surface area contributed by atoms with Gasteiger partial charge in [-0.15, -0.1) is 0 Å². The molecule has 0 aromatic heterocycles. The number of para-hydroxylation sites is 1. The molecule has 5 heteroatoms. The summed E-state index contributed by atoms with van der Waals surface area (Å²) in [5.41, 5.74) is 5.88. The van der Waals surface area contributed by atoms with Crippen molar-refractivity contribution in [3.8, 4) is 5.75 Å². The molecule has 0 spiro atoms. The fraction of sp³-hybridized carbons (Fsp3) is 0.500. The van der Waals surface area contributed by atoms with Crippen LogP contribution in [0.15, 0.2) is 18.2 Å². The maximum atomic E-state index is 13.2. The molecule has 1 heterocycles. The Labute approximate surface area is 98.5 Å². The molecule has 94 valence electrons. The van der Waals surface area contributed by atoms with Gasteiger partial charge in [0.1, 0.15) is 6.61 Å². The second-order valence-electron chi connectivity index (χ2n) is 4.15. The van der Waals surface area contributed by atoms with E-state index in [0.717, 1.165) is 18.6 Å². The van der Waals surface area contributed by atoms with Crippen molar-refractivity contribution in [3.63, 3.8) is 0 Å². The van der Waals surface area contributed by atoms with Crippen molar-refractivity contribution < 1.29 is 18.3 Å². The van der Waals surface area contributed by atoms with Crippen molar-refractivity contribution in [2.24, 2.45) is 11.7 Å². The third-order valence-electron chi connectivity index (χ3n) is 2.91. The Morgan fingerprint density at radius 2 is 2.12 bits per heavy atom. The van der Waals surface area contributed by atoms with Crippen molar-refractivity contribution in [1.82, 2.24) is 0 Å². The van der Waals surface area contributed by atoms with Gasteiger partial charge >= 0.3 is 0 Å². The third kappa shape index (κ3) is 2.92. The molecule has 1 aliphatic rings. The first-order valence-electron chi connectivity index (χ1n) is 5.58. The molecule has 0 saturated carbocycles. The highest BCUT2D eigenvalue weighted by atomic mass is 19.1. The monoisotopic (exact) mass is 243 g/mol. The predicted octanol–water partition coefficient (Wildman–Crippen LogP) is 1.71. The van der Waals surface area contributed by atoms with Crippen molar-refractivity contribution in [2.75, 3.05) is 19.8 Å². The van der Waals surface area contributed by atoms with Crippen LogP contribution < -0.4 is 10.5 Å². The number of nitrogens with two attached hydrogens (primary N) is 1. The van der Waals surface area contributed by atoms with Gasteiger partial charge in [0, 0.05) is 18.6 Å². The van der Waals surface area contributed by atoms with Crippen LogP contribution in [0.3, 0.4) is 0 Å². The molecule has 17 heavy (non-hydrogen) atoms. The van der Waals surface area contributed by atoms with Gasteiger partial charge in [-0.25, -0.2) is 8.78 Å². The Kier molecular flexibility index (Phi) is 3.91. The minimum atomic E-state index is -0.708. The molecule has 1 aromatic rings. The van der Waals surface area contributed by atoms with Gasteiger partial charge in [-0.05, 0) is 18.6 Å². The molecular weight excluding hydrogens is 228 g/mol. The molecule has 2 atom stereocenters. The van der Waals surface area contributed by atoms with Crippen LogP contribution in [0.25, 0.3) is 0 Å². The van der Waals surface area contributed by atoms with E-state index < -0.39 is 11.6 Å². The summed E-state index contributed by atoms with van der Waals surface area (Å²) >= 11 is 0. The van der Waals surface area contributed by atoms with E-state index in [2.05, 4.69) is 0 Å². The zero-order valence-corrected chi connectivity index (χ0v) is 9.36. The summed E-state index contributed by atoms with van der Waals surface area (Å²) in [7, 11) is 0. The fourth-order valence-electron chi connectivity index (χ4n) is 1.83. The van der Waals surface area contributed by atoms with E-state index in [1.807, 2.05) is 0 Å². The van der Waals surface area contributed by atoms with Crippen LogP contribution in [0.5, 0.6) is 5.75 Å². The predicted molar refractivity (Wildman–Crippen MR) is 58.8 cm³/mol. The van der Waals surface area contributed by atoms with Crippen LogP contribution in [-0.2, 0) is 4.74 Å². The zero-order chi connectivity index (χ0) is 12.3. The second kappa shape index (κ2) is 5.42. The van der Waals surface area contributed by atoms with Gasteiger partial charge in [-0.2, -0.15) is 0 Å². The highest BCUT2D eigenvalue weighted by Gasteiger charge is 2.24. The lowest BCUT2D eigenvalue weighted by Gasteiger charge is -2.18. The molecule has 2 N–H and O–H groups in total. The maximum absolute atomic E-state index is 13.2. The molecule has 2 unspecified atom stereocenters. The smallest absolute Gasteiger partial charge is 0.190 e. The zero-order valence-electron chi connectivity index (χ0n) is 9.36. The van der Waals surface area contributed by atoms with Crippen LogP contribution in [0.1, 0.15) is 6.42 Å². The standard InChI is InChI=1S/C12H15F2NO2/c13-9-2-1-3-10(14)12(9)17-7-11(15)8-4-5-16-6-8/h1-3,8,11H,4-7,15H2. The summed E-state index contributed by atoms with van der Waals surface area (Å²) in [4.78, 5) is 0. The summed E-state index contributed by atoms with van der Waals surface area (Å²) < 4.78 is 36.8. The Hall–Kier alpha value is -1.20. The molecule has 3 nitrogen and oxygen atoms in total. The maximum Gasteiger partial charge on any atom is 0.190 e. The van der Waals surface area contributed by atoms with Crippen molar-refractivity contribution >= 4 is 0 Å². The van der Waals surface area contributed by atoms with Gasteiger partial charge in [0.2, 0.25) is 0 Å². The number of hydrogen-bond donors (Lipinski definition) is 1. The lowest BCUT2D eigenvalue weighted by molar-refractivity contribution is 0.167. The molecule has 0 amide bonds. The first-order chi connectivity index (χ1) is 8.18. The number of ether oxygens (including phenoxy) is 2. The van der Waals surface area contributed by atoms with Gasteiger partial charge in [-0.3, -0.25) is 0 Å². The lowest BCUT2D eigenvalue weighted by atomic mass is 10.0. The first-order valence-corrected chi connectivity index (χ1v) is 5.58. The van der Waals surface area contributed by atoms with E-state index in [4.69, 9.17) is 15.2 Å². The van der Waals surface area contributed by atoms with E-state index in [-0.39, 0.29) is 24.3 Å². The fourth-order valence-corrected chi connectivity index (χ4v) is 1.83. The molecular formula is C12H15F2NO2. The molecule has 2 rings (SSSR count). The number of benzene rings is 1. The van der Waals surface area contributed by atoms with E-state index in [9.17, 15) is 8.78 Å². The van der Waals surface area contributed by atoms with E-state index in [1.54, 1.807) is 0 Å². The van der Waals surface area contributed by atoms with E-state index in [1.165, 1.54) is 6.07 Å². The Bertz CT molecular complexity index is 361. The van der Waals surface area contributed by atoms with Crippen LogP contribution in [-0.4, -0.2) is 25.9 Å². The van der Waals surface area contributed by atoms with Gasteiger partial charge in [-0.1, -0.05) is 6.07 Å². The summed E-state index contributed by atoms with van der Waals surface area (Å²) in [6, 6.07) is 3.34. The molecule has 0 radical (unpaired) electrons. The van der Waals surface area contributed by atoms with Gasteiger partial charge in [0.05, 0.1) is 6.61 Å². The Balaban J connectivity index is 1.92. The van der Waals surface area contributed by atoms with Gasteiger partial charge < -0.3 is 15.2 Å². The molecule has 1 saturated heterocycles. The topological polar surface area (TPSA) is 44.5 Å². The number of hydrogen-bond acceptors (Lipinski definition) is 3. The van der Waals surface area contributed by atoms with Crippen molar-refractivity contribution in [3.05, 3.63) is 29.8 Å². The number of halogens is 2. The summed E-state index contributed by atoms with van der Waals surface area (Å²) in [6.45, 7) is 1.36. The average Bonchev–Trinajstić information content (AvgIpc) is 2.81. The Morgan fingerprint density at radius 3 is 2.71 bits per heavy atom. The lowest BCUT2D eigenvalue weighted by Crippen LogP contribution is -2.36. The van der Waals surface area contributed by atoms with Gasteiger partial charge in [0.25, 0.3) is 0 Å². The van der Waals surface area contributed by atoms with Crippen LogP contribution in [0.2, 0.25) is 0 Å². The largest absolute Gasteiger partial charge is 0.486 e. The first kappa shape index (κ1) is 12.3. The second-order valence-corrected chi connectivity index (χ2v) is 4.15. The normalized spacial score (nSPS) is 21.5. The highest BCUT2D eigenvalue weighted by Crippen LogP contribution is 2.22. The molecule has 1 fully saturated rings. The minimum absolute atomic E-state index is 0.0892. The highest BCUT2D eigenvalue weighted by molar-refractivity contribution is 5.26. The molecule has 0 bridgehead atoms. The summed E-state index contributed by atoms with van der Waals surface area (Å²) in [5.74, 6) is -1.58. The van der Waals surface area contributed by atoms with Crippen molar-refractivity contribution in [2.45, 2.75) is 12.5 Å². The SMILES string of the molecule is NC(COc1c(F)cccc1F)C1CCOC1. The van der Waals surface area contributed by atoms with Gasteiger partial charge in [0.15, 0.2) is 17.4 Å². The molecule has 0 aliphatic carbocycles. The van der Waals surface area contributed by atoms with E-state index in [0.29, 0.717) is 13.2 Å². The van der Waals surface area contributed by atoms with Crippen LogP contribution >= 0.6 is 0 Å². The quantitative estimate of drug-likeness (QED) is 0.875. The summed E-state index contributed by atoms with van der Waals surface area (Å²) in [5, 5.41) is 0.